The Labute approximate surface area is 359 Å². The highest BCUT2D eigenvalue weighted by Crippen LogP contribution is 2.44. The number of nitrogens with zero attached hydrogens (tertiary/aromatic N) is 3. The Morgan fingerprint density at radius 3 is 1.53 bits per heavy atom. The van der Waals surface area contributed by atoms with Crippen molar-refractivity contribution in [2.24, 2.45) is 4.99 Å². The molecule has 0 bridgehead atoms. The van der Waals surface area contributed by atoms with Gasteiger partial charge in [-0.2, -0.15) is 0 Å². The highest BCUT2D eigenvalue weighted by molar-refractivity contribution is 6.26. The largest absolute Gasteiger partial charge is 0.336 e. The average Bonchev–Trinajstić information content (AvgIpc) is 3.88. The van der Waals surface area contributed by atoms with E-state index in [1.54, 1.807) is 0 Å². The number of aliphatic imine (C=N–C) groups is 1. The Bertz CT molecular complexity index is 3440. The second-order valence-corrected chi connectivity index (χ2v) is 16.0. The molecular weight excluding hydrogens is 755 g/mol. The maximum Gasteiger partial charge on any atom is 0.206 e. The van der Waals surface area contributed by atoms with Crippen molar-refractivity contribution in [1.82, 2.24) is 19.8 Å². The first-order valence-corrected chi connectivity index (χ1v) is 21.3. The van der Waals surface area contributed by atoms with Gasteiger partial charge in [0.15, 0.2) is 0 Å². The van der Waals surface area contributed by atoms with Crippen LogP contribution in [0.15, 0.2) is 229 Å². The lowest BCUT2D eigenvalue weighted by Gasteiger charge is -2.32. The predicted octanol–water partition coefficient (Wildman–Crippen LogP) is 13.7. The minimum absolute atomic E-state index is 0.231. The third-order valence-corrected chi connectivity index (χ3v) is 12.4. The summed E-state index contributed by atoms with van der Waals surface area (Å²) in [6.07, 6.45) is -0.536. The van der Waals surface area contributed by atoms with Crippen molar-refractivity contribution in [3.05, 3.63) is 236 Å². The van der Waals surface area contributed by atoms with Gasteiger partial charge in [-0.25, -0.2) is 4.99 Å². The number of benzene rings is 9. The maximum atomic E-state index is 5.57. The van der Waals surface area contributed by atoms with Crippen LogP contribution >= 0.6 is 0 Å². The molecule has 0 spiro atoms. The Balaban J connectivity index is 1.15. The molecule has 62 heavy (non-hydrogen) atoms. The van der Waals surface area contributed by atoms with E-state index in [1.807, 2.05) is 0 Å². The van der Waals surface area contributed by atoms with Gasteiger partial charge in [0.25, 0.3) is 0 Å². The van der Waals surface area contributed by atoms with E-state index in [9.17, 15) is 0 Å². The van der Waals surface area contributed by atoms with Crippen LogP contribution in [-0.4, -0.2) is 15.1 Å². The van der Waals surface area contributed by atoms with Crippen molar-refractivity contribution in [2.75, 3.05) is 0 Å². The standard InChI is InChI=1S/C57H41N5/c1-5-18-38(19-6-1)39-32-34-43(35-33-39)56-58-55(42-24-11-4-12-25-42)59-57(60-56)62-50-30-16-14-27-46(50)48-37-36-47-45-26-13-15-29-49(45)61(53(47)54(48)62)51-31-17-28-44(40-20-7-2-8-21-40)52(51)41-22-9-3-10-23-41/h1-37,55-56,58H,(H,59,60). The molecule has 0 radical (unpaired) electrons. The van der Waals surface area contributed by atoms with E-state index in [0.29, 0.717) is 0 Å². The number of rotatable bonds is 6. The third-order valence-electron chi connectivity index (χ3n) is 12.4. The molecule has 2 aromatic heterocycles. The van der Waals surface area contributed by atoms with Crippen molar-refractivity contribution < 1.29 is 0 Å². The van der Waals surface area contributed by atoms with E-state index in [2.05, 4.69) is 244 Å². The van der Waals surface area contributed by atoms with Crippen LogP contribution in [0.4, 0.5) is 0 Å². The molecule has 11 aromatic rings. The first kappa shape index (κ1) is 35.9. The molecule has 12 rings (SSSR count). The van der Waals surface area contributed by atoms with Gasteiger partial charge in [0.2, 0.25) is 5.96 Å². The molecule has 0 amide bonds. The number of aromatic nitrogens is 2. The lowest BCUT2D eigenvalue weighted by molar-refractivity contribution is 0.403. The van der Waals surface area contributed by atoms with Gasteiger partial charge in [-0.15, -0.1) is 0 Å². The fourth-order valence-corrected chi connectivity index (χ4v) is 9.60. The van der Waals surface area contributed by atoms with Crippen LogP contribution < -0.4 is 10.6 Å². The Kier molecular flexibility index (Phi) is 8.65. The van der Waals surface area contributed by atoms with E-state index in [1.165, 1.54) is 49.4 Å². The molecule has 0 fully saturated rings. The van der Waals surface area contributed by atoms with Crippen LogP contribution in [0.25, 0.3) is 82.7 Å². The number of hydrogen-bond acceptors (Lipinski definition) is 3. The quantitative estimate of drug-likeness (QED) is 0.176. The minimum Gasteiger partial charge on any atom is -0.336 e. The molecule has 2 atom stereocenters. The number of nitrogens with one attached hydrogen (secondary N) is 2. The Hall–Kier alpha value is -7.99. The van der Waals surface area contributed by atoms with E-state index in [0.717, 1.165) is 50.4 Å². The summed E-state index contributed by atoms with van der Waals surface area (Å²) >= 11 is 0. The zero-order valence-electron chi connectivity index (χ0n) is 33.9. The lowest BCUT2D eigenvalue weighted by atomic mass is 9.93. The van der Waals surface area contributed by atoms with Crippen LogP contribution in [0.2, 0.25) is 0 Å². The second kappa shape index (κ2) is 14.9. The molecule has 5 heteroatoms. The summed E-state index contributed by atoms with van der Waals surface area (Å²) in [7, 11) is 0. The minimum atomic E-state index is -0.306. The summed E-state index contributed by atoms with van der Waals surface area (Å²) < 4.78 is 4.89. The highest BCUT2D eigenvalue weighted by atomic mass is 15.4. The highest BCUT2D eigenvalue weighted by Gasteiger charge is 2.30. The molecule has 2 N–H and O–H groups in total. The molecule has 1 aliphatic rings. The van der Waals surface area contributed by atoms with Gasteiger partial charge in [0.1, 0.15) is 12.3 Å². The molecule has 0 aliphatic carbocycles. The summed E-state index contributed by atoms with van der Waals surface area (Å²) in [4.78, 5) is 5.57. The summed E-state index contributed by atoms with van der Waals surface area (Å²) in [5.41, 5.74) is 14.9. The fourth-order valence-electron chi connectivity index (χ4n) is 9.60. The number of para-hydroxylation sites is 2. The van der Waals surface area contributed by atoms with Gasteiger partial charge in [-0.1, -0.05) is 206 Å². The van der Waals surface area contributed by atoms with Crippen molar-refractivity contribution >= 4 is 49.6 Å². The van der Waals surface area contributed by atoms with Gasteiger partial charge in [-0.3, -0.25) is 9.88 Å². The SMILES string of the molecule is c1ccc(-c2ccc(C3NC(n4c5ccccc5c5ccc6c7ccccc7n(-c7cccc(-c8ccccc8)c7-c7ccccc7)c6c54)=NC(c4ccccc4)N3)cc2)cc1. The van der Waals surface area contributed by atoms with E-state index in [-0.39, 0.29) is 12.3 Å². The fraction of sp³-hybridized carbons (Fsp3) is 0.0351. The zero-order chi connectivity index (χ0) is 41.0. The molecule has 9 aromatic carbocycles. The van der Waals surface area contributed by atoms with Crippen LogP contribution in [0, 0.1) is 0 Å². The van der Waals surface area contributed by atoms with Crippen molar-refractivity contribution in [3.63, 3.8) is 0 Å². The van der Waals surface area contributed by atoms with Gasteiger partial charge in [0, 0.05) is 27.1 Å². The molecule has 0 saturated heterocycles. The Morgan fingerprint density at radius 2 is 0.887 bits per heavy atom. The Morgan fingerprint density at radius 1 is 0.371 bits per heavy atom. The van der Waals surface area contributed by atoms with Crippen molar-refractivity contribution in [1.29, 1.82) is 0 Å². The smallest absolute Gasteiger partial charge is 0.206 e. The molecule has 2 unspecified atom stereocenters. The summed E-state index contributed by atoms with van der Waals surface area (Å²) in [6.45, 7) is 0. The van der Waals surface area contributed by atoms with E-state index in [4.69, 9.17) is 4.99 Å². The molecule has 5 nitrogen and oxygen atoms in total. The van der Waals surface area contributed by atoms with Crippen molar-refractivity contribution in [2.45, 2.75) is 12.3 Å². The van der Waals surface area contributed by atoms with Crippen LogP contribution in [-0.2, 0) is 0 Å². The summed E-state index contributed by atoms with van der Waals surface area (Å²) in [6, 6.07) is 80.6. The molecule has 1 aliphatic heterocycles. The monoisotopic (exact) mass is 795 g/mol. The molecular formula is C57H41N5. The molecule has 294 valence electrons. The zero-order valence-corrected chi connectivity index (χ0v) is 33.9. The van der Waals surface area contributed by atoms with Crippen LogP contribution in [0.1, 0.15) is 23.5 Å². The van der Waals surface area contributed by atoms with Gasteiger partial charge >= 0.3 is 0 Å². The van der Waals surface area contributed by atoms with Crippen LogP contribution in [0.5, 0.6) is 0 Å². The first-order chi connectivity index (χ1) is 30.8. The topological polar surface area (TPSA) is 46.3 Å². The third kappa shape index (κ3) is 5.93. The predicted molar refractivity (Wildman–Crippen MR) is 258 cm³/mol. The maximum absolute atomic E-state index is 5.57. The second-order valence-electron chi connectivity index (χ2n) is 16.0. The van der Waals surface area contributed by atoms with Crippen molar-refractivity contribution in [3.8, 4) is 39.1 Å². The summed E-state index contributed by atoms with van der Waals surface area (Å²) in [5, 5.41) is 12.5. The first-order valence-electron chi connectivity index (χ1n) is 21.3. The van der Waals surface area contributed by atoms with E-state index < -0.39 is 0 Å². The normalized spacial score (nSPS) is 15.3. The van der Waals surface area contributed by atoms with E-state index >= 15 is 0 Å². The van der Waals surface area contributed by atoms with Gasteiger partial charge in [-0.05, 0) is 57.1 Å². The summed E-state index contributed by atoms with van der Waals surface area (Å²) in [5.74, 6) is 0.784. The lowest BCUT2D eigenvalue weighted by Crippen LogP contribution is -2.47. The molecule has 3 heterocycles. The number of fused-ring (bicyclic) bond motifs is 7. The average molecular weight is 796 g/mol. The van der Waals surface area contributed by atoms with Gasteiger partial charge < -0.3 is 9.88 Å². The van der Waals surface area contributed by atoms with Gasteiger partial charge in [0.05, 0.1) is 27.8 Å². The van der Waals surface area contributed by atoms with Crippen LogP contribution in [0.3, 0.4) is 0 Å². The number of hydrogen-bond donors (Lipinski definition) is 2. The molecule has 0 saturated carbocycles.